The Morgan fingerprint density at radius 3 is 3.14 bits per heavy atom. The average Bonchev–Trinajstić information content (AvgIpc) is 2.42. The molecule has 40 valence electrons. The second-order valence-corrected chi connectivity index (χ2v) is 1.38. The third-order valence-corrected chi connectivity index (χ3v) is 0.703. The molecule has 2 nitrogen and oxygen atoms in total. The van der Waals surface area contributed by atoms with Gasteiger partial charge in [-0.25, -0.2) is 0 Å². The maximum atomic E-state index is 4.96. The highest BCUT2D eigenvalue weighted by Crippen LogP contribution is 2.08. The van der Waals surface area contributed by atoms with Crippen LogP contribution in [0.3, 0.4) is 0 Å². The zero-order chi connectivity index (χ0) is 5.11. The van der Waals surface area contributed by atoms with Crippen LogP contribution < -0.4 is 0 Å². The molecule has 1 aliphatic rings. The fourth-order valence-corrected chi connectivity index (χ4v) is 0.311. The third kappa shape index (κ3) is 1.71. The number of rotatable bonds is 3. The molecule has 0 N–H and O–H groups in total. The predicted molar refractivity (Wildman–Crippen MR) is 25.9 cm³/mol. The van der Waals surface area contributed by atoms with E-state index in [9.17, 15) is 0 Å². The summed E-state index contributed by atoms with van der Waals surface area (Å²) in [5.74, 6) is 0. The molecule has 1 saturated heterocycles. The summed E-state index contributed by atoms with van der Waals surface area (Å²) in [6.45, 7) is 4.84. The Bertz CT molecular complexity index is 66.5. The van der Waals surface area contributed by atoms with Gasteiger partial charge in [-0.05, 0) is 0 Å². The van der Waals surface area contributed by atoms with Gasteiger partial charge in [0, 0.05) is 0 Å². The molecule has 0 saturated carbocycles. The van der Waals surface area contributed by atoms with Crippen LogP contribution in [0.2, 0.25) is 0 Å². The van der Waals surface area contributed by atoms with Gasteiger partial charge in [-0.15, -0.1) is 6.58 Å². The lowest BCUT2D eigenvalue weighted by Gasteiger charge is -1.88. The molecule has 1 fully saturated rings. The SMILES string of the molecule is C=CCOC1CO1. The summed E-state index contributed by atoms with van der Waals surface area (Å²) >= 11 is 0. The van der Waals surface area contributed by atoms with Crippen molar-refractivity contribution in [3.8, 4) is 0 Å². The summed E-state index contributed by atoms with van der Waals surface area (Å²) in [4.78, 5) is 0. The first-order valence-electron chi connectivity index (χ1n) is 2.27. The normalized spacial score (nSPS) is 27.1. The Balaban J connectivity index is 1.88. The van der Waals surface area contributed by atoms with Crippen molar-refractivity contribution in [2.75, 3.05) is 13.2 Å². The molecular formula is C5H8O2. The van der Waals surface area contributed by atoms with Crippen molar-refractivity contribution < 1.29 is 9.47 Å². The van der Waals surface area contributed by atoms with Gasteiger partial charge in [0.15, 0.2) is 6.29 Å². The van der Waals surface area contributed by atoms with Crippen LogP contribution in [0.4, 0.5) is 0 Å². The average molecular weight is 100 g/mol. The minimum absolute atomic E-state index is 0.0815. The fraction of sp³-hybridized carbons (Fsp3) is 0.600. The third-order valence-electron chi connectivity index (χ3n) is 0.703. The van der Waals surface area contributed by atoms with Gasteiger partial charge in [0.1, 0.15) is 6.61 Å². The van der Waals surface area contributed by atoms with Crippen LogP contribution in [0, 0.1) is 0 Å². The molecule has 1 heterocycles. The molecule has 1 aliphatic heterocycles. The highest BCUT2D eigenvalue weighted by Gasteiger charge is 2.21. The topological polar surface area (TPSA) is 21.8 Å². The lowest BCUT2D eigenvalue weighted by atomic mass is 10.7. The zero-order valence-electron chi connectivity index (χ0n) is 4.09. The van der Waals surface area contributed by atoms with E-state index in [1.54, 1.807) is 6.08 Å². The van der Waals surface area contributed by atoms with E-state index in [4.69, 9.17) is 9.47 Å². The first-order chi connectivity index (χ1) is 3.43. The Morgan fingerprint density at radius 1 is 2.00 bits per heavy atom. The minimum atomic E-state index is 0.0815. The molecule has 0 radical (unpaired) electrons. The van der Waals surface area contributed by atoms with E-state index < -0.39 is 0 Å². The molecule has 0 amide bonds. The van der Waals surface area contributed by atoms with Crippen LogP contribution in [0.25, 0.3) is 0 Å². The van der Waals surface area contributed by atoms with Crippen molar-refractivity contribution >= 4 is 0 Å². The van der Waals surface area contributed by atoms with Crippen LogP contribution >= 0.6 is 0 Å². The second-order valence-electron chi connectivity index (χ2n) is 1.38. The molecule has 2 heteroatoms. The van der Waals surface area contributed by atoms with Crippen molar-refractivity contribution in [2.45, 2.75) is 6.29 Å². The zero-order valence-corrected chi connectivity index (χ0v) is 4.09. The molecular weight excluding hydrogens is 92.1 g/mol. The predicted octanol–water partition coefficient (Wildman–Crippen LogP) is 0.545. The van der Waals surface area contributed by atoms with E-state index in [0.29, 0.717) is 6.61 Å². The van der Waals surface area contributed by atoms with Gasteiger partial charge in [-0.3, -0.25) is 0 Å². The molecule has 0 aromatic carbocycles. The summed E-state index contributed by atoms with van der Waals surface area (Å²) in [6, 6.07) is 0. The maximum Gasteiger partial charge on any atom is 0.181 e. The van der Waals surface area contributed by atoms with Crippen LogP contribution in [0.5, 0.6) is 0 Å². The van der Waals surface area contributed by atoms with Crippen molar-refractivity contribution in [3.05, 3.63) is 12.7 Å². The maximum absolute atomic E-state index is 4.96. The van der Waals surface area contributed by atoms with Gasteiger partial charge in [0.2, 0.25) is 0 Å². The fourth-order valence-electron chi connectivity index (χ4n) is 0.311. The molecule has 1 unspecified atom stereocenters. The lowest BCUT2D eigenvalue weighted by molar-refractivity contribution is 0.0697. The number of epoxide rings is 1. The van der Waals surface area contributed by atoms with E-state index in [1.165, 1.54) is 0 Å². The van der Waals surface area contributed by atoms with Crippen LogP contribution in [0.1, 0.15) is 0 Å². The van der Waals surface area contributed by atoms with Crippen LogP contribution in [-0.4, -0.2) is 19.5 Å². The lowest BCUT2D eigenvalue weighted by Crippen LogP contribution is -1.92. The van der Waals surface area contributed by atoms with E-state index >= 15 is 0 Å². The standard InChI is InChI=1S/C5H8O2/c1-2-3-6-5-4-7-5/h2,5H,1,3-4H2. The van der Waals surface area contributed by atoms with Crippen LogP contribution in [0.15, 0.2) is 12.7 Å². The van der Waals surface area contributed by atoms with Crippen molar-refractivity contribution in [1.82, 2.24) is 0 Å². The van der Waals surface area contributed by atoms with E-state index in [0.717, 1.165) is 6.61 Å². The van der Waals surface area contributed by atoms with Crippen LogP contribution in [-0.2, 0) is 9.47 Å². The molecule has 1 rings (SSSR count). The first-order valence-corrected chi connectivity index (χ1v) is 2.27. The Morgan fingerprint density at radius 2 is 2.71 bits per heavy atom. The highest BCUT2D eigenvalue weighted by molar-refractivity contribution is 4.66. The number of ether oxygens (including phenoxy) is 2. The van der Waals surface area contributed by atoms with Gasteiger partial charge in [0.25, 0.3) is 0 Å². The summed E-state index contributed by atoms with van der Waals surface area (Å²) in [5.41, 5.74) is 0. The second kappa shape index (κ2) is 2.09. The van der Waals surface area contributed by atoms with Crippen molar-refractivity contribution in [3.63, 3.8) is 0 Å². The van der Waals surface area contributed by atoms with Gasteiger partial charge in [0.05, 0.1) is 6.61 Å². The summed E-state index contributed by atoms with van der Waals surface area (Å²) in [5, 5.41) is 0. The summed E-state index contributed by atoms with van der Waals surface area (Å²) in [6.07, 6.45) is 1.79. The Hall–Kier alpha value is -0.340. The van der Waals surface area contributed by atoms with Gasteiger partial charge in [-0.2, -0.15) is 0 Å². The highest BCUT2D eigenvalue weighted by atomic mass is 16.8. The van der Waals surface area contributed by atoms with E-state index in [-0.39, 0.29) is 6.29 Å². The smallest absolute Gasteiger partial charge is 0.181 e. The monoisotopic (exact) mass is 100 g/mol. The molecule has 0 spiro atoms. The van der Waals surface area contributed by atoms with Gasteiger partial charge in [-0.1, -0.05) is 6.08 Å². The molecule has 1 atom stereocenters. The molecule has 0 aliphatic carbocycles. The van der Waals surface area contributed by atoms with Crippen molar-refractivity contribution in [1.29, 1.82) is 0 Å². The minimum Gasteiger partial charge on any atom is -0.346 e. The quantitative estimate of drug-likeness (QED) is 0.381. The molecule has 0 aromatic heterocycles. The molecule has 7 heavy (non-hydrogen) atoms. The summed E-state index contributed by atoms with van der Waals surface area (Å²) < 4.78 is 9.70. The molecule has 0 aromatic rings. The van der Waals surface area contributed by atoms with E-state index in [2.05, 4.69) is 6.58 Å². The number of hydrogen-bond acceptors (Lipinski definition) is 2. The summed E-state index contributed by atoms with van der Waals surface area (Å²) in [7, 11) is 0. The Labute approximate surface area is 42.7 Å². The first kappa shape index (κ1) is 4.81. The van der Waals surface area contributed by atoms with Gasteiger partial charge >= 0.3 is 0 Å². The number of hydrogen-bond donors (Lipinski definition) is 0. The Kier molecular flexibility index (Phi) is 1.44. The molecule has 0 bridgehead atoms. The van der Waals surface area contributed by atoms with E-state index in [1.807, 2.05) is 0 Å². The largest absolute Gasteiger partial charge is 0.346 e. The van der Waals surface area contributed by atoms with Crippen molar-refractivity contribution in [2.24, 2.45) is 0 Å². The van der Waals surface area contributed by atoms with Gasteiger partial charge < -0.3 is 9.47 Å².